The zero-order valence-corrected chi connectivity index (χ0v) is 65.1. The van der Waals surface area contributed by atoms with E-state index in [1.807, 2.05) is 0 Å². The fourth-order valence-electron chi connectivity index (χ4n) is 4.17. The maximum absolute atomic E-state index is 6.61. The van der Waals surface area contributed by atoms with Crippen LogP contribution in [0.1, 0.15) is 0 Å². The van der Waals surface area contributed by atoms with Crippen LogP contribution < -0.4 is 5.32 Å². The van der Waals surface area contributed by atoms with Gasteiger partial charge in [-0.3, -0.25) is 0 Å². The van der Waals surface area contributed by atoms with Crippen molar-refractivity contribution >= 4 is 534 Å². The lowest BCUT2D eigenvalue weighted by Gasteiger charge is -2.57. The maximum atomic E-state index is 6.61. The first-order chi connectivity index (χ1) is 29.7. The van der Waals surface area contributed by atoms with Gasteiger partial charge in [0.25, 0.3) is 0 Å². The highest BCUT2D eigenvalue weighted by Gasteiger charge is 2.87. The van der Waals surface area contributed by atoms with Crippen LogP contribution in [0.5, 0.6) is 0 Å². The van der Waals surface area contributed by atoms with Crippen molar-refractivity contribution in [1.82, 2.24) is 5.32 Å². The predicted molar refractivity (Wildman–Crippen MR) is 342 cm³/mol. The summed E-state index contributed by atoms with van der Waals surface area (Å²) in [6, 6.07) is 0. The van der Waals surface area contributed by atoms with E-state index < -0.39 is 107 Å². The van der Waals surface area contributed by atoms with Crippen molar-refractivity contribution in [2.45, 2.75) is 94.3 Å². The Labute approximate surface area is 635 Å². The Hall–Kier alpha value is 13.3. The molecule has 1 N–H and O–H groups in total. The molecule has 0 aromatic carbocycles. The summed E-state index contributed by atoms with van der Waals surface area (Å²) in [6.07, 6.45) is 0. The lowest BCUT2D eigenvalue weighted by atomic mass is 9.99. The van der Waals surface area contributed by atoms with E-state index in [9.17, 15) is 0 Å². The topological polar surface area (TPSA) is 12.0 Å². The maximum Gasteiger partial charge on any atom is 0.226 e. The Morgan fingerprint density at radius 1 is 0.141 bits per heavy atom. The minimum absolute atomic E-state index is 1.08. The lowest BCUT2D eigenvalue weighted by Crippen LogP contribution is -2.74. The first-order valence-electron chi connectivity index (χ1n) is 15.1. The second-order valence-corrected chi connectivity index (χ2v) is 44.8. The molecular formula is C24H5Cl46N. The zero-order chi connectivity index (χ0) is 59.1. The Morgan fingerprint density at radius 3 is 0.352 bits per heavy atom. The van der Waals surface area contributed by atoms with E-state index in [0.29, 0.717) is 0 Å². The molecule has 0 unspecified atom stereocenters. The number of hydrogen-bond acceptors (Lipinski definition) is 1. The lowest BCUT2D eigenvalue weighted by molar-refractivity contribution is 0.405. The van der Waals surface area contributed by atoms with Crippen molar-refractivity contribution in [3.05, 3.63) is 0 Å². The molecule has 0 saturated heterocycles. The quantitative estimate of drug-likeness (QED) is 0.107. The third-order valence-electron chi connectivity index (χ3n) is 8.63. The number of nitrogens with one attached hydrogen (secondary N) is 1. The van der Waals surface area contributed by atoms with Crippen LogP contribution in [0.2, 0.25) is 0 Å². The third-order valence-corrected chi connectivity index (χ3v) is 40.7. The third kappa shape index (κ3) is 13.6. The van der Waals surface area contributed by atoms with Crippen molar-refractivity contribution in [3.63, 3.8) is 0 Å². The largest absolute Gasteiger partial charge is 0.311 e. The Morgan fingerprint density at radius 2 is 0.239 bits per heavy atom. The SMILES string of the molecule is ClC(Cl)(Cl)C(Cl)(Cl)C(Cl)(Cl)C(Cl)(Cl)C(Cl)(Cl)C(Cl)(Cl)C(Cl)(Cl)C(Cl)(Cl)C(Cl)(Cl)C(Cl)(Cl)C(Cl)(Cl)CNCC(Cl)(Cl)C(Cl)(Cl)C(Cl)(Cl)C(Cl)(Cl)C(Cl)(Cl)C(Cl)(Cl)C(Cl)(Cl)C(Cl)(Cl)C(Cl)(Cl)C(Cl)(Cl)C(Cl)(Cl)Cl. The van der Waals surface area contributed by atoms with E-state index in [1.165, 1.54) is 0 Å². The molecule has 0 bridgehead atoms. The van der Waals surface area contributed by atoms with Crippen molar-refractivity contribution in [2.75, 3.05) is 13.1 Å². The van der Waals surface area contributed by atoms with Crippen LogP contribution in [0.3, 0.4) is 0 Å². The number of halogens is 46. The summed E-state index contributed by atoms with van der Waals surface area (Å²) in [4.78, 5) is 0. The highest BCUT2D eigenvalue weighted by atomic mass is 35.6. The summed E-state index contributed by atoms with van der Waals surface area (Å²) < 4.78 is -72.9. The van der Waals surface area contributed by atoms with Crippen LogP contribution >= 0.6 is 534 Å². The fraction of sp³-hybridized carbons (Fsp3) is 1.00. The number of rotatable bonds is 22. The molecule has 0 aliphatic rings. The van der Waals surface area contributed by atoms with Gasteiger partial charge in [0.15, 0.2) is 78.0 Å². The first-order valence-corrected chi connectivity index (χ1v) is 32.5. The van der Waals surface area contributed by atoms with Gasteiger partial charge in [-0.1, -0.05) is 534 Å². The molecule has 0 fully saturated rings. The van der Waals surface area contributed by atoms with E-state index in [1.54, 1.807) is 0 Å². The molecule has 0 aliphatic heterocycles. The summed E-state index contributed by atoms with van der Waals surface area (Å²) in [5.41, 5.74) is 0. The molecule has 0 atom stereocenters. The molecule has 1 nitrogen and oxygen atoms in total. The van der Waals surface area contributed by atoms with Gasteiger partial charge < -0.3 is 5.32 Å². The summed E-state index contributed by atoms with van der Waals surface area (Å²) in [7, 11) is 0. The van der Waals surface area contributed by atoms with Crippen LogP contribution in [-0.2, 0) is 0 Å². The molecule has 0 radical (unpaired) electrons. The number of hydrogen-bond donors (Lipinski definition) is 1. The molecule has 0 saturated carbocycles. The van der Waals surface area contributed by atoms with Gasteiger partial charge in [-0.15, -0.1) is 0 Å². The fourth-order valence-corrected chi connectivity index (χ4v) is 19.1. The van der Waals surface area contributed by atoms with Gasteiger partial charge in [0.2, 0.25) is 16.3 Å². The minimum Gasteiger partial charge on any atom is -0.311 e. The van der Waals surface area contributed by atoms with Gasteiger partial charge in [-0.05, 0) is 0 Å². The van der Waals surface area contributed by atoms with Crippen molar-refractivity contribution in [3.8, 4) is 0 Å². The molecule has 0 aromatic rings. The van der Waals surface area contributed by atoms with E-state index in [2.05, 4.69) is 5.32 Å². The highest BCUT2D eigenvalue weighted by Crippen LogP contribution is 2.78. The standard InChI is InChI=1S/C24H5Cl46N/c25-3(26,5(29,30)7(33,34)9(37,38)11(41,42)13(45,46)15(49,50)17(53,54)19(57,58)21(61,62)23(65,66)67)1-71-2-4(27,28)6(31,32)8(35,36)10(39,40)12(43,44)14(47,48)16(51,52)18(55,56)20(59,60)22(63,64)24(68,69)70/h71H,1-2H2. The normalized spacial score (nSPS) is 17.3. The van der Waals surface area contributed by atoms with E-state index in [-0.39, 0.29) is 0 Å². The second-order valence-electron chi connectivity index (χ2n) is 13.3. The van der Waals surface area contributed by atoms with Gasteiger partial charge in [0.1, 0.15) is 0 Å². The second kappa shape index (κ2) is 25.7. The minimum atomic E-state index is -3.56. The first kappa shape index (κ1) is 84.3. The number of alkyl halides is 46. The summed E-state index contributed by atoms with van der Waals surface area (Å²) >= 11 is 295. The highest BCUT2D eigenvalue weighted by molar-refractivity contribution is 6.87. The molecule has 0 spiro atoms. The summed E-state index contributed by atoms with van der Waals surface area (Å²) in [5, 5.41) is 2.40. The molecular weight excluding hydrogens is 1930 g/mol. The molecule has 0 amide bonds. The van der Waals surface area contributed by atoms with Gasteiger partial charge in [-0.25, -0.2) is 0 Å². The van der Waals surface area contributed by atoms with E-state index in [0.717, 1.165) is 0 Å². The van der Waals surface area contributed by atoms with Crippen molar-refractivity contribution in [1.29, 1.82) is 0 Å². The molecule has 47 heteroatoms. The Balaban J connectivity index is 7.29. The van der Waals surface area contributed by atoms with Crippen LogP contribution in [-0.4, -0.2) is 107 Å². The van der Waals surface area contributed by atoms with Gasteiger partial charge >= 0.3 is 0 Å². The monoisotopic (exact) mass is 1920 g/mol. The van der Waals surface area contributed by atoms with Crippen LogP contribution in [0.25, 0.3) is 0 Å². The molecule has 0 aromatic heterocycles. The van der Waals surface area contributed by atoms with Gasteiger partial charge in [0.05, 0.1) is 0 Å². The van der Waals surface area contributed by atoms with Gasteiger partial charge in [-0.2, -0.15) is 0 Å². The van der Waals surface area contributed by atoms with Crippen molar-refractivity contribution in [2.24, 2.45) is 0 Å². The summed E-state index contributed by atoms with van der Waals surface area (Å²) in [5.74, 6) is 0. The average molecular weight is 1940 g/mol. The molecule has 0 rings (SSSR count). The zero-order valence-electron chi connectivity index (χ0n) is 30.3. The Bertz CT molecular complexity index is 1750. The van der Waals surface area contributed by atoms with Gasteiger partial charge in [0, 0.05) is 13.1 Å². The predicted octanol–water partition coefficient (Wildman–Crippen LogP) is 26.8. The summed E-state index contributed by atoms with van der Waals surface area (Å²) in [6.45, 7) is -2.15. The molecule has 0 aliphatic carbocycles. The average Bonchev–Trinajstić information content (AvgIpc) is 3.12. The van der Waals surface area contributed by atoms with Crippen LogP contribution in [0.15, 0.2) is 0 Å². The van der Waals surface area contributed by atoms with E-state index in [4.69, 9.17) is 534 Å². The Kier molecular flexibility index (Phi) is 30.5. The van der Waals surface area contributed by atoms with Crippen LogP contribution in [0, 0.1) is 0 Å². The molecule has 428 valence electrons. The van der Waals surface area contributed by atoms with Crippen molar-refractivity contribution < 1.29 is 0 Å². The smallest absolute Gasteiger partial charge is 0.226 e. The van der Waals surface area contributed by atoms with Crippen LogP contribution in [0.4, 0.5) is 0 Å². The van der Waals surface area contributed by atoms with E-state index >= 15 is 0 Å². The molecule has 0 heterocycles. The molecule has 71 heavy (non-hydrogen) atoms.